The van der Waals surface area contributed by atoms with Crippen LogP contribution in [0.2, 0.25) is 0 Å². The number of amides is 4. The van der Waals surface area contributed by atoms with Crippen LogP contribution >= 0.6 is 0 Å². The topological polar surface area (TPSA) is 166 Å². The van der Waals surface area contributed by atoms with Gasteiger partial charge < -0.3 is 31.2 Å². The fourth-order valence-corrected chi connectivity index (χ4v) is 4.16. The van der Waals surface area contributed by atoms with Crippen LogP contribution in [-0.2, 0) is 28.7 Å². The SMILES string of the molecule is CC(C)[C@H](NC(=O)OCC1c2ccccc2-c2ccccc21)C(=O)N[C@@H](C)C(=O)OCC(=O)NCC(N)=O. The number of ether oxygens (including phenoxy) is 2. The summed E-state index contributed by atoms with van der Waals surface area (Å²) in [6, 6.07) is 13.8. The van der Waals surface area contributed by atoms with Crippen molar-refractivity contribution in [3.63, 3.8) is 0 Å². The minimum Gasteiger partial charge on any atom is -0.454 e. The van der Waals surface area contributed by atoms with Crippen LogP contribution in [0.1, 0.15) is 37.8 Å². The lowest BCUT2D eigenvalue weighted by molar-refractivity contribution is -0.151. The third-order valence-electron chi connectivity index (χ3n) is 6.08. The van der Waals surface area contributed by atoms with Crippen molar-refractivity contribution >= 4 is 29.8 Å². The van der Waals surface area contributed by atoms with Gasteiger partial charge in [-0.1, -0.05) is 62.4 Å². The van der Waals surface area contributed by atoms with Gasteiger partial charge in [0.15, 0.2) is 6.61 Å². The van der Waals surface area contributed by atoms with E-state index in [2.05, 4.69) is 16.0 Å². The van der Waals surface area contributed by atoms with E-state index in [0.29, 0.717) is 0 Å². The third-order valence-corrected chi connectivity index (χ3v) is 6.08. The zero-order chi connectivity index (χ0) is 27.8. The van der Waals surface area contributed by atoms with E-state index < -0.39 is 48.5 Å². The lowest BCUT2D eigenvalue weighted by Crippen LogP contribution is -2.53. The van der Waals surface area contributed by atoms with Crippen LogP contribution in [0, 0.1) is 5.92 Å². The fraction of sp³-hybridized carbons (Fsp3) is 0.370. The van der Waals surface area contributed by atoms with Crippen molar-refractivity contribution in [3.8, 4) is 11.1 Å². The molecule has 11 nitrogen and oxygen atoms in total. The van der Waals surface area contributed by atoms with Crippen LogP contribution < -0.4 is 21.7 Å². The second kappa shape index (κ2) is 12.7. The quantitative estimate of drug-likeness (QED) is 0.321. The molecular weight excluding hydrogens is 492 g/mol. The van der Waals surface area contributed by atoms with Gasteiger partial charge in [-0.05, 0) is 35.1 Å². The van der Waals surface area contributed by atoms with E-state index in [-0.39, 0.29) is 25.0 Å². The van der Waals surface area contributed by atoms with Gasteiger partial charge in [0.2, 0.25) is 11.8 Å². The largest absolute Gasteiger partial charge is 0.454 e. The molecule has 0 radical (unpaired) electrons. The summed E-state index contributed by atoms with van der Waals surface area (Å²) in [5.41, 5.74) is 9.26. The van der Waals surface area contributed by atoms with Gasteiger partial charge in [0.05, 0.1) is 6.54 Å². The number of fused-ring (bicyclic) bond motifs is 3. The molecule has 0 spiro atoms. The number of primary amides is 1. The van der Waals surface area contributed by atoms with Gasteiger partial charge in [-0.2, -0.15) is 0 Å². The Hall–Kier alpha value is -4.41. The van der Waals surface area contributed by atoms with Gasteiger partial charge in [0.25, 0.3) is 5.91 Å². The Kier molecular flexibility index (Phi) is 9.42. The Morgan fingerprint density at radius 1 is 0.868 bits per heavy atom. The van der Waals surface area contributed by atoms with E-state index in [1.54, 1.807) is 13.8 Å². The second-order valence-electron chi connectivity index (χ2n) is 9.27. The summed E-state index contributed by atoms with van der Waals surface area (Å²) in [5.74, 6) is -3.39. The van der Waals surface area contributed by atoms with Crippen molar-refractivity contribution in [1.82, 2.24) is 16.0 Å². The summed E-state index contributed by atoms with van der Waals surface area (Å²) in [6.07, 6.45) is -0.762. The van der Waals surface area contributed by atoms with Crippen LogP contribution in [-0.4, -0.2) is 61.6 Å². The molecule has 2 atom stereocenters. The van der Waals surface area contributed by atoms with Crippen molar-refractivity contribution in [1.29, 1.82) is 0 Å². The Balaban J connectivity index is 1.53. The Bertz CT molecular complexity index is 1170. The predicted octanol–water partition coefficient (Wildman–Crippen LogP) is 1.20. The first-order chi connectivity index (χ1) is 18.1. The molecule has 1 aliphatic rings. The molecule has 0 unspecified atom stereocenters. The standard InChI is InChI=1S/C27H32N4O7/c1-15(2)24(25(34)30-16(3)26(35)37-14-23(33)29-12-22(28)32)31-27(36)38-13-21-19-10-6-4-8-17(19)18-9-5-7-11-20(18)21/h4-11,15-16,21,24H,12-14H2,1-3H3,(H2,28,32)(H,29,33)(H,30,34)(H,31,36)/t16-,24-/m0/s1. The van der Waals surface area contributed by atoms with Crippen molar-refractivity contribution in [2.75, 3.05) is 19.8 Å². The normalized spacial score (nSPS) is 13.5. The number of nitrogens with two attached hydrogens (primary N) is 1. The highest BCUT2D eigenvalue weighted by atomic mass is 16.5. The zero-order valence-electron chi connectivity index (χ0n) is 21.5. The molecule has 0 aromatic heterocycles. The number of esters is 1. The van der Waals surface area contributed by atoms with Crippen LogP contribution in [0.5, 0.6) is 0 Å². The first-order valence-electron chi connectivity index (χ1n) is 12.2. The van der Waals surface area contributed by atoms with Crippen LogP contribution in [0.4, 0.5) is 4.79 Å². The van der Waals surface area contributed by atoms with Gasteiger partial charge in [0.1, 0.15) is 18.7 Å². The van der Waals surface area contributed by atoms with E-state index in [0.717, 1.165) is 22.3 Å². The molecule has 2 aromatic carbocycles. The van der Waals surface area contributed by atoms with Crippen molar-refractivity contribution in [2.45, 2.75) is 38.8 Å². The molecule has 5 N–H and O–H groups in total. The van der Waals surface area contributed by atoms with Crippen LogP contribution in [0.3, 0.4) is 0 Å². The van der Waals surface area contributed by atoms with E-state index in [1.807, 2.05) is 48.5 Å². The van der Waals surface area contributed by atoms with E-state index >= 15 is 0 Å². The number of carbonyl (C=O) groups is 5. The molecule has 3 rings (SSSR count). The minimum absolute atomic E-state index is 0.0901. The van der Waals surface area contributed by atoms with Crippen molar-refractivity contribution in [3.05, 3.63) is 59.7 Å². The number of benzene rings is 2. The predicted molar refractivity (Wildman–Crippen MR) is 138 cm³/mol. The summed E-state index contributed by atoms with van der Waals surface area (Å²) in [4.78, 5) is 59.9. The van der Waals surface area contributed by atoms with E-state index in [4.69, 9.17) is 15.2 Å². The van der Waals surface area contributed by atoms with Gasteiger partial charge in [-0.15, -0.1) is 0 Å². The first kappa shape index (κ1) is 28.2. The van der Waals surface area contributed by atoms with E-state index in [9.17, 15) is 24.0 Å². The summed E-state index contributed by atoms with van der Waals surface area (Å²) < 4.78 is 10.4. The smallest absolute Gasteiger partial charge is 0.407 e. The zero-order valence-corrected chi connectivity index (χ0v) is 21.5. The number of hydrogen-bond acceptors (Lipinski definition) is 7. The molecule has 202 valence electrons. The second-order valence-corrected chi connectivity index (χ2v) is 9.27. The molecule has 0 aliphatic heterocycles. The molecule has 1 aliphatic carbocycles. The van der Waals surface area contributed by atoms with E-state index in [1.165, 1.54) is 6.92 Å². The number of nitrogens with one attached hydrogen (secondary N) is 3. The maximum absolute atomic E-state index is 12.8. The highest BCUT2D eigenvalue weighted by Gasteiger charge is 2.31. The number of carbonyl (C=O) groups excluding carboxylic acids is 5. The molecule has 11 heteroatoms. The number of alkyl carbamates (subject to hydrolysis) is 1. The van der Waals surface area contributed by atoms with Gasteiger partial charge in [-0.3, -0.25) is 14.4 Å². The molecule has 0 bridgehead atoms. The highest BCUT2D eigenvalue weighted by Crippen LogP contribution is 2.44. The maximum Gasteiger partial charge on any atom is 0.407 e. The van der Waals surface area contributed by atoms with Crippen LogP contribution in [0.15, 0.2) is 48.5 Å². The summed E-state index contributed by atoms with van der Waals surface area (Å²) in [5, 5.41) is 7.23. The number of rotatable bonds is 11. The molecule has 0 saturated heterocycles. The third kappa shape index (κ3) is 7.09. The summed E-state index contributed by atoms with van der Waals surface area (Å²) in [6.45, 7) is 3.91. The van der Waals surface area contributed by atoms with Crippen molar-refractivity contribution in [2.24, 2.45) is 11.7 Å². The lowest BCUT2D eigenvalue weighted by Gasteiger charge is -2.23. The van der Waals surface area contributed by atoms with Gasteiger partial charge in [-0.25, -0.2) is 9.59 Å². The van der Waals surface area contributed by atoms with Gasteiger partial charge >= 0.3 is 12.1 Å². The number of hydrogen-bond donors (Lipinski definition) is 4. The average molecular weight is 525 g/mol. The lowest BCUT2D eigenvalue weighted by atomic mass is 9.98. The van der Waals surface area contributed by atoms with Gasteiger partial charge in [0, 0.05) is 5.92 Å². The highest BCUT2D eigenvalue weighted by molar-refractivity contribution is 5.91. The van der Waals surface area contributed by atoms with Crippen molar-refractivity contribution < 1.29 is 33.4 Å². The minimum atomic E-state index is -1.10. The fourth-order valence-electron chi connectivity index (χ4n) is 4.16. The average Bonchev–Trinajstić information content (AvgIpc) is 3.21. The maximum atomic E-state index is 12.8. The molecule has 0 saturated carbocycles. The Morgan fingerprint density at radius 3 is 2.00 bits per heavy atom. The molecule has 0 fully saturated rings. The first-order valence-corrected chi connectivity index (χ1v) is 12.2. The Labute approximate surface area is 220 Å². The molecule has 38 heavy (non-hydrogen) atoms. The summed E-state index contributed by atoms with van der Waals surface area (Å²) in [7, 11) is 0. The molecule has 0 heterocycles. The molecular formula is C27H32N4O7. The monoisotopic (exact) mass is 524 g/mol. The Morgan fingerprint density at radius 2 is 1.45 bits per heavy atom. The van der Waals surface area contributed by atoms with Crippen LogP contribution in [0.25, 0.3) is 11.1 Å². The molecule has 4 amide bonds. The summed E-state index contributed by atoms with van der Waals surface area (Å²) >= 11 is 0. The molecule has 2 aromatic rings.